The average Bonchev–Trinajstić information content (AvgIpc) is 2.40. The first kappa shape index (κ1) is 15.1. The van der Waals surface area contributed by atoms with Crippen molar-refractivity contribution in [2.75, 3.05) is 32.8 Å². The standard InChI is InChI=1S/C13H16F4N2O/c14-11-2-1-3-12(20-9-13(15,16)17)10(11)8-19-6-4-18-5-7-19/h1-3,18H,4-9H2. The molecule has 1 heterocycles. The molecule has 3 nitrogen and oxygen atoms in total. The molecule has 0 aliphatic carbocycles. The van der Waals surface area contributed by atoms with Gasteiger partial charge >= 0.3 is 6.18 Å². The predicted octanol–water partition coefficient (Wildman–Crippen LogP) is 2.17. The Bertz CT molecular complexity index is 444. The molecule has 0 saturated carbocycles. The number of hydrogen-bond acceptors (Lipinski definition) is 3. The van der Waals surface area contributed by atoms with Crippen molar-refractivity contribution in [2.45, 2.75) is 12.7 Å². The highest BCUT2D eigenvalue weighted by molar-refractivity contribution is 5.34. The third kappa shape index (κ3) is 4.35. The topological polar surface area (TPSA) is 24.5 Å². The first-order valence-corrected chi connectivity index (χ1v) is 6.36. The monoisotopic (exact) mass is 292 g/mol. The summed E-state index contributed by atoms with van der Waals surface area (Å²) in [5.74, 6) is -0.580. The molecule has 2 rings (SSSR count). The Kier molecular flexibility index (Phi) is 4.82. The number of halogens is 4. The molecule has 1 N–H and O–H groups in total. The van der Waals surface area contributed by atoms with Crippen LogP contribution in [0, 0.1) is 5.82 Å². The van der Waals surface area contributed by atoms with E-state index in [1.165, 1.54) is 18.2 Å². The van der Waals surface area contributed by atoms with Crippen molar-refractivity contribution in [3.05, 3.63) is 29.6 Å². The van der Waals surface area contributed by atoms with E-state index in [4.69, 9.17) is 4.74 Å². The normalized spacial score (nSPS) is 17.2. The molecule has 1 aromatic carbocycles. The van der Waals surface area contributed by atoms with Gasteiger partial charge in [-0.15, -0.1) is 0 Å². The van der Waals surface area contributed by atoms with Gasteiger partial charge in [0.15, 0.2) is 6.61 Å². The number of benzene rings is 1. The maximum absolute atomic E-state index is 13.8. The van der Waals surface area contributed by atoms with Gasteiger partial charge in [0, 0.05) is 38.3 Å². The largest absolute Gasteiger partial charge is 0.484 e. The van der Waals surface area contributed by atoms with Gasteiger partial charge in [0.05, 0.1) is 0 Å². The van der Waals surface area contributed by atoms with Crippen LogP contribution in [-0.4, -0.2) is 43.9 Å². The average molecular weight is 292 g/mol. The molecule has 1 fully saturated rings. The van der Waals surface area contributed by atoms with Crippen LogP contribution >= 0.6 is 0 Å². The Balaban J connectivity index is 2.09. The maximum Gasteiger partial charge on any atom is 0.422 e. The molecule has 0 aromatic heterocycles. The second-order valence-electron chi connectivity index (χ2n) is 4.65. The fraction of sp³-hybridized carbons (Fsp3) is 0.538. The number of piperazine rings is 1. The smallest absolute Gasteiger partial charge is 0.422 e. The molecule has 0 spiro atoms. The zero-order valence-corrected chi connectivity index (χ0v) is 10.8. The molecular weight excluding hydrogens is 276 g/mol. The van der Waals surface area contributed by atoms with Gasteiger partial charge in [-0.25, -0.2) is 4.39 Å². The molecule has 1 aliphatic heterocycles. The van der Waals surface area contributed by atoms with Crippen LogP contribution in [0.5, 0.6) is 5.75 Å². The van der Waals surface area contributed by atoms with E-state index in [1.807, 2.05) is 4.90 Å². The Hall–Kier alpha value is -1.34. The molecule has 1 aromatic rings. The Morgan fingerprint density at radius 1 is 1.20 bits per heavy atom. The minimum atomic E-state index is -4.43. The molecule has 0 amide bonds. The van der Waals surface area contributed by atoms with Crippen LogP contribution in [0.1, 0.15) is 5.56 Å². The molecule has 20 heavy (non-hydrogen) atoms. The van der Waals surface area contributed by atoms with Gasteiger partial charge < -0.3 is 10.1 Å². The van der Waals surface area contributed by atoms with Crippen LogP contribution in [0.2, 0.25) is 0 Å². The lowest BCUT2D eigenvalue weighted by Gasteiger charge is -2.28. The molecule has 7 heteroatoms. The van der Waals surface area contributed by atoms with Crippen molar-refractivity contribution in [3.63, 3.8) is 0 Å². The Morgan fingerprint density at radius 2 is 1.90 bits per heavy atom. The van der Waals surface area contributed by atoms with Crippen LogP contribution in [-0.2, 0) is 6.54 Å². The van der Waals surface area contributed by atoms with Crippen molar-refractivity contribution in [1.82, 2.24) is 10.2 Å². The molecular formula is C13H16F4N2O. The highest BCUT2D eigenvalue weighted by Gasteiger charge is 2.29. The minimum absolute atomic E-state index is 0.0409. The summed E-state index contributed by atoms with van der Waals surface area (Å²) in [6, 6.07) is 3.95. The molecule has 0 unspecified atom stereocenters. The van der Waals surface area contributed by atoms with Crippen LogP contribution in [0.4, 0.5) is 17.6 Å². The SMILES string of the molecule is Fc1cccc(OCC(F)(F)F)c1CN1CCNCC1. The molecule has 0 radical (unpaired) electrons. The summed E-state index contributed by atoms with van der Waals surface area (Å²) < 4.78 is 55.1. The van der Waals surface area contributed by atoms with Crippen molar-refractivity contribution >= 4 is 0 Å². The third-order valence-corrected chi connectivity index (χ3v) is 3.06. The van der Waals surface area contributed by atoms with E-state index in [9.17, 15) is 17.6 Å². The summed E-state index contributed by atoms with van der Waals surface area (Å²) in [6.07, 6.45) is -4.43. The van der Waals surface area contributed by atoms with E-state index in [0.717, 1.165) is 26.2 Å². The highest BCUT2D eigenvalue weighted by atomic mass is 19.4. The van der Waals surface area contributed by atoms with Crippen molar-refractivity contribution in [3.8, 4) is 5.75 Å². The third-order valence-electron chi connectivity index (χ3n) is 3.06. The summed E-state index contributed by atoms with van der Waals surface area (Å²) in [7, 11) is 0. The highest BCUT2D eigenvalue weighted by Crippen LogP contribution is 2.25. The number of rotatable bonds is 4. The van der Waals surface area contributed by atoms with E-state index >= 15 is 0 Å². The summed E-state index contributed by atoms with van der Waals surface area (Å²) in [5, 5.41) is 3.16. The van der Waals surface area contributed by atoms with E-state index in [-0.39, 0.29) is 17.9 Å². The lowest BCUT2D eigenvalue weighted by atomic mass is 10.1. The van der Waals surface area contributed by atoms with Gasteiger partial charge in [-0.1, -0.05) is 6.07 Å². The zero-order valence-electron chi connectivity index (χ0n) is 10.8. The summed E-state index contributed by atoms with van der Waals surface area (Å²) >= 11 is 0. The van der Waals surface area contributed by atoms with Gasteiger partial charge in [0.1, 0.15) is 11.6 Å². The van der Waals surface area contributed by atoms with Gasteiger partial charge in [0.25, 0.3) is 0 Å². The number of alkyl halides is 3. The van der Waals surface area contributed by atoms with Gasteiger partial charge in [-0.05, 0) is 12.1 Å². The van der Waals surface area contributed by atoms with Crippen LogP contribution in [0.3, 0.4) is 0 Å². The van der Waals surface area contributed by atoms with Gasteiger partial charge in [0.2, 0.25) is 0 Å². The molecule has 1 saturated heterocycles. The second-order valence-corrected chi connectivity index (χ2v) is 4.65. The first-order chi connectivity index (χ1) is 9.46. The number of nitrogens with one attached hydrogen (secondary N) is 1. The number of nitrogens with zero attached hydrogens (tertiary/aromatic N) is 1. The van der Waals surface area contributed by atoms with Crippen LogP contribution in [0.15, 0.2) is 18.2 Å². The Morgan fingerprint density at radius 3 is 2.55 bits per heavy atom. The molecule has 0 atom stereocenters. The van der Waals surface area contributed by atoms with E-state index in [2.05, 4.69) is 5.32 Å². The minimum Gasteiger partial charge on any atom is -0.484 e. The quantitative estimate of drug-likeness (QED) is 0.861. The van der Waals surface area contributed by atoms with E-state index in [0.29, 0.717) is 0 Å². The van der Waals surface area contributed by atoms with Crippen LogP contribution in [0.25, 0.3) is 0 Å². The van der Waals surface area contributed by atoms with Crippen molar-refractivity contribution < 1.29 is 22.3 Å². The lowest BCUT2D eigenvalue weighted by molar-refractivity contribution is -0.153. The van der Waals surface area contributed by atoms with Gasteiger partial charge in [-0.3, -0.25) is 4.90 Å². The summed E-state index contributed by atoms with van der Waals surface area (Å²) in [4.78, 5) is 1.98. The van der Waals surface area contributed by atoms with Crippen LogP contribution < -0.4 is 10.1 Å². The fourth-order valence-electron chi connectivity index (χ4n) is 2.08. The van der Waals surface area contributed by atoms with E-state index < -0.39 is 18.6 Å². The Labute approximate surface area is 114 Å². The number of hydrogen-bond donors (Lipinski definition) is 1. The van der Waals surface area contributed by atoms with E-state index in [1.54, 1.807) is 0 Å². The van der Waals surface area contributed by atoms with Crippen molar-refractivity contribution in [1.29, 1.82) is 0 Å². The van der Waals surface area contributed by atoms with Gasteiger partial charge in [-0.2, -0.15) is 13.2 Å². The summed E-state index contributed by atoms with van der Waals surface area (Å²) in [5.41, 5.74) is 0.179. The fourth-order valence-corrected chi connectivity index (χ4v) is 2.08. The van der Waals surface area contributed by atoms with Crippen molar-refractivity contribution in [2.24, 2.45) is 0 Å². The predicted molar refractivity (Wildman–Crippen MR) is 66.1 cm³/mol. The first-order valence-electron chi connectivity index (χ1n) is 6.36. The molecule has 112 valence electrons. The zero-order chi connectivity index (χ0) is 14.6. The second kappa shape index (κ2) is 6.41. The molecule has 0 bridgehead atoms. The number of ether oxygens (including phenoxy) is 1. The molecule has 1 aliphatic rings. The summed E-state index contributed by atoms with van der Waals surface area (Å²) in [6.45, 7) is 1.87. The maximum atomic E-state index is 13.8. The lowest BCUT2D eigenvalue weighted by Crippen LogP contribution is -2.43.